The van der Waals surface area contributed by atoms with Crippen molar-refractivity contribution in [3.8, 4) is 0 Å². The molecule has 1 aliphatic carbocycles. The molecule has 0 bridgehead atoms. The summed E-state index contributed by atoms with van der Waals surface area (Å²) in [5, 5.41) is 0.622. The van der Waals surface area contributed by atoms with Gasteiger partial charge in [0.1, 0.15) is 0 Å². The number of rotatable bonds is 4. The maximum Gasteiger partial charge on any atom is 0.0196 e. The first-order valence-corrected chi connectivity index (χ1v) is 6.94. The fraction of sp³-hybridized carbons (Fsp3) is 0.846. The van der Waals surface area contributed by atoms with Gasteiger partial charge in [-0.25, -0.2) is 0 Å². The van der Waals surface area contributed by atoms with Gasteiger partial charge >= 0.3 is 0 Å². The van der Waals surface area contributed by atoms with Crippen LogP contribution in [0.2, 0.25) is 0 Å². The van der Waals surface area contributed by atoms with Crippen LogP contribution in [0.4, 0.5) is 0 Å². The van der Waals surface area contributed by atoms with Crippen molar-refractivity contribution in [2.45, 2.75) is 45.3 Å². The van der Waals surface area contributed by atoms with Gasteiger partial charge in [-0.3, -0.25) is 0 Å². The minimum Gasteiger partial charge on any atom is -0.154 e. The van der Waals surface area contributed by atoms with E-state index in [0.29, 0.717) is 5.25 Å². The summed E-state index contributed by atoms with van der Waals surface area (Å²) in [4.78, 5) is 0. The largest absolute Gasteiger partial charge is 0.154 e. The zero-order chi connectivity index (χ0) is 10.6. The predicted octanol–water partition coefficient (Wildman–Crippen LogP) is 4.37. The number of hydrogen-bond acceptors (Lipinski definition) is 1. The van der Waals surface area contributed by atoms with Gasteiger partial charge in [0, 0.05) is 5.25 Å². The molecule has 0 amide bonds. The summed E-state index contributed by atoms with van der Waals surface area (Å²) in [6.07, 6.45) is 6.39. The van der Waals surface area contributed by atoms with Crippen LogP contribution in [0.3, 0.4) is 0 Å². The van der Waals surface area contributed by atoms with Crippen LogP contribution in [0.5, 0.6) is 0 Å². The lowest BCUT2D eigenvalue weighted by atomic mass is 9.75. The summed E-state index contributed by atoms with van der Waals surface area (Å²) in [5.41, 5.74) is 0. The average molecular weight is 212 g/mol. The SMILES string of the molecule is C=CC(C)SCC1C(C)CCCC1C. The molecule has 0 radical (unpaired) electrons. The van der Waals surface area contributed by atoms with Crippen molar-refractivity contribution < 1.29 is 0 Å². The van der Waals surface area contributed by atoms with Gasteiger partial charge in [0.25, 0.3) is 0 Å². The quantitative estimate of drug-likeness (QED) is 0.624. The number of hydrogen-bond donors (Lipinski definition) is 0. The highest BCUT2D eigenvalue weighted by Gasteiger charge is 2.27. The van der Waals surface area contributed by atoms with E-state index in [4.69, 9.17) is 0 Å². The summed E-state index contributed by atoms with van der Waals surface area (Å²) >= 11 is 2.07. The second-order valence-electron chi connectivity index (χ2n) is 4.82. The summed E-state index contributed by atoms with van der Waals surface area (Å²) in [5.74, 6) is 4.14. The molecule has 0 aromatic carbocycles. The minimum absolute atomic E-state index is 0.622. The first kappa shape index (κ1) is 12.2. The third kappa shape index (κ3) is 3.34. The Bertz CT molecular complexity index is 166. The van der Waals surface area contributed by atoms with Crippen LogP contribution in [-0.2, 0) is 0 Å². The molecule has 3 unspecified atom stereocenters. The first-order valence-electron chi connectivity index (χ1n) is 5.89. The van der Waals surface area contributed by atoms with Crippen molar-refractivity contribution in [1.29, 1.82) is 0 Å². The highest BCUT2D eigenvalue weighted by atomic mass is 32.2. The second-order valence-corrected chi connectivity index (χ2v) is 6.23. The monoisotopic (exact) mass is 212 g/mol. The molecule has 1 fully saturated rings. The molecule has 0 spiro atoms. The zero-order valence-electron chi connectivity index (χ0n) is 9.83. The van der Waals surface area contributed by atoms with Gasteiger partial charge in [-0.15, -0.1) is 6.58 Å². The lowest BCUT2D eigenvalue weighted by molar-refractivity contribution is 0.202. The summed E-state index contributed by atoms with van der Waals surface area (Å²) in [6.45, 7) is 10.9. The average Bonchev–Trinajstić information content (AvgIpc) is 2.16. The zero-order valence-corrected chi connectivity index (χ0v) is 10.6. The molecule has 1 aliphatic rings. The van der Waals surface area contributed by atoms with Crippen molar-refractivity contribution in [2.75, 3.05) is 5.75 Å². The maximum atomic E-state index is 3.84. The third-order valence-electron chi connectivity index (χ3n) is 3.66. The maximum absolute atomic E-state index is 3.84. The lowest BCUT2D eigenvalue weighted by Gasteiger charge is -2.34. The molecule has 0 heterocycles. The molecular formula is C13H24S. The molecule has 0 N–H and O–H groups in total. The first-order chi connectivity index (χ1) is 6.65. The molecule has 82 valence electrons. The predicted molar refractivity (Wildman–Crippen MR) is 67.8 cm³/mol. The van der Waals surface area contributed by atoms with E-state index in [-0.39, 0.29) is 0 Å². The van der Waals surface area contributed by atoms with E-state index in [1.54, 1.807) is 0 Å². The Hall–Kier alpha value is 0.0900. The van der Waals surface area contributed by atoms with Gasteiger partial charge in [-0.05, 0) is 30.4 Å². The van der Waals surface area contributed by atoms with Crippen LogP contribution < -0.4 is 0 Å². The Balaban J connectivity index is 2.36. The lowest BCUT2D eigenvalue weighted by Crippen LogP contribution is -2.27. The Morgan fingerprint density at radius 1 is 1.36 bits per heavy atom. The van der Waals surface area contributed by atoms with Crippen LogP contribution in [0, 0.1) is 17.8 Å². The van der Waals surface area contributed by atoms with Gasteiger partial charge in [-0.2, -0.15) is 11.8 Å². The van der Waals surface area contributed by atoms with Gasteiger partial charge in [0.2, 0.25) is 0 Å². The molecule has 0 saturated heterocycles. The van der Waals surface area contributed by atoms with Gasteiger partial charge in [0.05, 0.1) is 0 Å². The third-order valence-corrected chi connectivity index (χ3v) is 4.96. The molecule has 3 atom stereocenters. The Kier molecular flexibility index (Phi) is 5.08. The van der Waals surface area contributed by atoms with Crippen molar-refractivity contribution in [2.24, 2.45) is 17.8 Å². The normalized spacial score (nSPS) is 35.2. The van der Waals surface area contributed by atoms with Crippen LogP contribution in [0.1, 0.15) is 40.0 Å². The highest BCUT2D eigenvalue weighted by molar-refractivity contribution is 8.00. The van der Waals surface area contributed by atoms with Crippen LogP contribution >= 0.6 is 11.8 Å². The second kappa shape index (κ2) is 5.85. The molecule has 14 heavy (non-hydrogen) atoms. The van der Waals surface area contributed by atoms with E-state index in [1.165, 1.54) is 25.0 Å². The Labute approximate surface area is 93.5 Å². The van der Waals surface area contributed by atoms with Crippen molar-refractivity contribution in [1.82, 2.24) is 0 Å². The minimum atomic E-state index is 0.622. The molecule has 0 aliphatic heterocycles. The van der Waals surface area contributed by atoms with E-state index in [2.05, 4.69) is 45.2 Å². The fourth-order valence-electron chi connectivity index (χ4n) is 2.41. The van der Waals surface area contributed by atoms with E-state index in [0.717, 1.165) is 17.8 Å². The molecule has 1 rings (SSSR count). The van der Waals surface area contributed by atoms with Crippen LogP contribution in [0.15, 0.2) is 12.7 Å². The molecule has 0 aromatic rings. The molecule has 1 heteroatoms. The molecule has 0 nitrogen and oxygen atoms in total. The van der Waals surface area contributed by atoms with Crippen molar-refractivity contribution in [3.05, 3.63) is 12.7 Å². The smallest absolute Gasteiger partial charge is 0.0196 e. The van der Waals surface area contributed by atoms with Crippen LogP contribution in [-0.4, -0.2) is 11.0 Å². The highest BCUT2D eigenvalue weighted by Crippen LogP contribution is 2.37. The van der Waals surface area contributed by atoms with Crippen molar-refractivity contribution >= 4 is 11.8 Å². The Morgan fingerprint density at radius 2 is 1.93 bits per heavy atom. The Morgan fingerprint density at radius 3 is 2.43 bits per heavy atom. The fourth-order valence-corrected chi connectivity index (χ4v) is 3.73. The van der Waals surface area contributed by atoms with Gasteiger partial charge < -0.3 is 0 Å². The molecule has 0 aromatic heterocycles. The van der Waals surface area contributed by atoms with E-state index in [9.17, 15) is 0 Å². The molecule has 1 saturated carbocycles. The topological polar surface area (TPSA) is 0 Å². The van der Waals surface area contributed by atoms with E-state index < -0.39 is 0 Å². The van der Waals surface area contributed by atoms with Gasteiger partial charge in [0.15, 0.2) is 0 Å². The van der Waals surface area contributed by atoms with Gasteiger partial charge in [-0.1, -0.05) is 39.2 Å². The summed E-state index contributed by atoms with van der Waals surface area (Å²) in [6, 6.07) is 0. The summed E-state index contributed by atoms with van der Waals surface area (Å²) in [7, 11) is 0. The summed E-state index contributed by atoms with van der Waals surface area (Å²) < 4.78 is 0. The number of thioether (sulfide) groups is 1. The molecular weight excluding hydrogens is 188 g/mol. The van der Waals surface area contributed by atoms with Crippen LogP contribution in [0.25, 0.3) is 0 Å². The standard InChI is InChI=1S/C13H24S/c1-5-12(4)14-9-13-10(2)7-6-8-11(13)3/h5,10-13H,1,6-9H2,2-4H3. The van der Waals surface area contributed by atoms with E-state index >= 15 is 0 Å². The van der Waals surface area contributed by atoms with Crippen molar-refractivity contribution in [3.63, 3.8) is 0 Å². The van der Waals surface area contributed by atoms with E-state index in [1.807, 2.05) is 0 Å².